The second-order valence-corrected chi connectivity index (χ2v) is 7.28. The van der Waals surface area contributed by atoms with Gasteiger partial charge in [0.05, 0.1) is 5.56 Å². The summed E-state index contributed by atoms with van der Waals surface area (Å²) in [6, 6.07) is 6.01. The smallest absolute Gasteiger partial charge is 0.387 e. The molecule has 28 heavy (non-hydrogen) atoms. The Morgan fingerprint density at radius 3 is 2.39 bits per heavy atom. The van der Waals surface area contributed by atoms with Gasteiger partial charge in [0.1, 0.15) is 5.75 Å². The number of amides is 2. The molecule has 0 atom stereocenters. The van der Waals surface area contributed by atoms with Crippen LogP contribution in [0.2, 0.25) is 0 Å². The molecule has 1 N–H and O–H groups in total. The Balaban J connectivity index is 1.49. The number of carbonyl (C=O) groups excluding carboxylic acids is 2. The highest BCUT2D eigenvalue weighted by molar-refractivity contribution is 5.97. The van der Waals surface area contributed by atoms with E-state index in [1.165, 1.54) is 12.1 Å². The summed E-state index contributed by atoms with van der Waals surface area (Å²) in [6.45, 7) is 0.779. The topological polar surface area (TPSA) is 61.9 Å². The number of nitrogens with zero attached hydrogens (tertiary/aromatic N) is 2. The number of benzene rings is 1. The number of hydrogen-bond acceptors (Lipinski definition) is 4. The second kappa shape index (κ2) is 9.82. The van der Waals surface area contributed by atoms with E-state index in [0.717, 1.165) is 32.4 Å². The van der Waals surface area contributed by atoms with Crippen LogP contribution in [0.5, 0.6) is 5.75 Å². The maximum absolute atomic E-state index is 12.7. The lowest BCUT2D eigenvalue weighted by Gasteiger charge is -2.35. The van der Waals surface area contributed by atoms with Crippen LogP contribution in [-0.4, -0.2) is 67.5 Å². The first-order chi connectivity index (χ1) is 13.5. The number of ether oxygens (including phenoxy) is 1. The number of hydrogen-bond donors (Lipinski definition) is 1. The predicted molar refractivity (Wildman–Crippen MR) is 100 cm³/mol. The van der Waals surface area contributed by atoms with Gasteiger partial charge < -0.3 is 19.9 Å². The van der Waals surface area contributed by atoms with E-state index in [1.54, 1.807) is 21.9 Å². The average molecular weight is 395 g/mol. The zero-order chi connectivity index (χ0) is 19.9. The molecule has 2 fully saturated rings. The molecular weight excluding hydrogens is 368 g/mol. The molecule has 1 aromatic carbocycles. The number of alkyl halides is 2. The first-order valence-electron chi connectivity index (χ1n) is 9.86. The predicted octanol–water partition coefficient (Wildman–Crippen LogP) is 2.35. The summed E-state index contributed by atoms with van der Waals surface area (Å²) >= 11 is 0. The Hall–Kier alpha value is -2.22. The van der Waals surface area contributed by atoms with Crippen LogP contribution in [0.25, 0.3) is 0 Å². The van der Waals surface area contributed by atoms with E-state index >= 15 is 0 Å². The van der Waals surface area contributed by atoms with Crippen LogP contribution in [0.3, 0.4) is 0 Å². The Morgan fingerprint density at radius 2 is 1.71 bits per heavy atom. The lowest BCUT2D eigenvalue weighted by atomic mass is 9.93. The van der Waals surface area contributed by atoms with E-state index in [4.69, 9.17) is 0 Å². The van der Waals surface area contributed by atoms with Crippen LogP contribution in [-0.2, 0) is 4.79 Å². The molecule has 2 amide bonds. The van der Waals surface area contributed by atoms with Crippen LogP contribution in [0.4, 0.5) is 8.78 Å². The third kappa shape index (κ3) is 5.41. The van der Waals surface area contributed by atoms with Gasteiger partial charge in [-0.15, -0.1) is 0 Å². The Bertz CT molecular complexity index is 672. The maximum Gasteiger partial charge on any atom is 0.387 e. The minimum absolute atomic E-state index is 0.119. The Morgan fingerprint density at radius 1 is 1.07 bits per heavy atom. The fraction of sp³-hybridized carbons (Fsp3) is 0.600. The fourth-order valence-electron chi connectivity index (χ4n) is 3.83. The summed E-state index contributed by atoms with van der Waals surface area (Å²) in [7, 11) is 0. The Kier molecular flexibility index (Phi) is 7.19. The van der Waals surface area contributed by atoms with E-state index in [0.29, 0.717) is 38.5 Å². The lowest BCUT2D eigenvalue weighted by molar-refractivity contribution is -0.133. The molecule has 0 spiro atoms. The van der Waals surface area contributed by atoms with Gasteiger partial charge in [0.25, 0.3) is 5.91 Å². The number of piperazine rings is 1. The van der Waals surface area contributed by atoms with Crippen LogP contribution in [0, 0.1) is 5.92 Å². The summed E-state index contributed by atoms with van der Waals surface area (Å²) < 4.78 is 29.6. The SMILES string of the molecule is O=C(CCC1CCNCC1)N1CCN(C(=O)c2ccccc2OC(F)F)CC1. The molecule has 2 aliphatic heterocycles. The van der Waals surface area contributed by atoms with Crippen molar-refractivity contribution in [3.05, 3.63) is 29.8 Å². The van der Waals surface area contributed by atoms with Crippen LogP contribution >= 0.6 is 0 Å². The van der Waals surface area contributed by atoms with E-state index in [2.05, 4.69) is 10.1 Å². The molecule has 0 saturated carbocycles. The molecule has 0 aliphatic carbocycles. The molecule has 0 bridgehead atoms. The minimum atomic E-state index is -2.98. The van der Waals surface area contributed by atoms with Crippen molar-refractivity contribution >= 4 is 11.8 Å². The highest BCUT2D eigenvalue weighted by Crippen LogP contribution is 2.23. The number of nitrogens with one attached hydrogen (secondary N) is 1. The van der Waals surface area contributed by atoms with Gasteiger partial charge in [-0.1, -0.05) is 12.1 Å². The van der Waals surface area contributed by atoms with Crippen molar-refractivity contribution in [3.8, 4) is 5.75 Å². The number of piperidine rings is 1. The summed E-state index contributed by atoms with van der Waals surface area (Å²) in [5, 5.41) is 3.33. The van der Waals surface area contributed by atoms with E-state index in [1.807, 2.05) is 0 Å². The minimum Gasteiger partial charge on any atom is -0.434 e. The number of halogens is 2. The van der Waals surface area contributed by atoms with Gasteiger partial charge in [0, 0.05) is 32.6 Å². The van der Waals surface area contributed by atoms with Gasteiger partial charge in [-0.2, -0.15) is 8.78 Å². The number of rotatable bonds is 6. The quantitative estimate of drug-likeness (QED) is 0.803. The first-order valence-corrected chi connectivity index (χ1v) is 9.86. The summed E-state index contributed by atoms with van der Waals surface area (Å²) in [5.74, 6) is 0.271. The molecular formula is C20H27F2N3O3. The molecule has 2 aliphatic rings. The summed E-state index contributed by atoms with van der Waals surface area (Å²) in [5.41, 5.74) is 0.119. The molecule has 154 valence electrons. The molecule has 8 heteroatoms. The number of carbonyl (C=O) groups is 2. The van der Waals surface area contributed by atoms with Crippen molar-refractivity contribution in [2.45, 2.75) is 32.3 Å². The molecule has 2 saturated heterocycles. The van der Waals surface area contributed by atoms with E-state index < -0.39 is 6.61 Å². The van der Waals surface area contributed by atoms with Crippen molar-refractivity contribution in [3.63, 3.8) is 0 Å². The van der Waals surface area contributed by atoms with Gasteiger partial charge in [-0.05, 0) is 50.4 Å². The third-order valence-corrected chi connectivity index (χ3v) is 5.48. The van der Waals surface area contributed by atoms with Gasteiger partial charge in [-0.3, -0.25) is 9.59 Å². The lowest BCUT2D eigenvalue weighted by Crippen LogP contribution is -2.50. The monoisotopic (exact) mass is 395 g/mol. The normalized spacial score (nSPS) is 18.4. The van der Waals surface area contributed by atoms with Crippen molar-refractivity contribution < 1.29 is 23.1 Å². The fourth-order valence-corrected chi connectivity index (χ4v) is 3.83. The molecule has 0 radical (unpaired) electrons. The second-order valence-electron chi connectivity index (χ2n) is 7.28. The van der Waals surface area contributed by atoms with Crippen molar-refractivity contribution in [1.82, 2.24) is 15.1 Å². The van der Waals surface area contributed by atoms with Crippen molar-refractivity contribution in [2.75, 3.05) is 39.3 Å². The largest absolute Gasteiger partial charge is 0.434 e. The van der Waals surface area contributed by atoms with E-state index in [-0.39, 0.29) is 23.1 Å². The van der Waals surface area contributed by atoms with Gasteiger partial charge >= 0.3 is 6.61 Å². The van der Waals surface area contributed by atoms with Crippen molar-refractivity contribution in [1.29, 1.82) is 0 Å². The molecule has 1 aromatic rings. The highest BCUT2D eigenvalue weighted by Gasteiger charge is 2.27. The zero-order valence-corrected chi connectivity index (χ0v) is 15.9. The summed E-state index contributed by atoms with van der Waals surface area (Å²) in [4.78, 5) is 28.6. The van der Waals surface area contributed by atoms with Crippen LogP contribution < -0.4 is 10.1 Å². The molecule has 6 nitrogen and oxygen atoms in total. The van der Waals surface area contributed by atoms with Crippen LogP contribution in [0.1, 0.15) is 36.0 Å². The molecule has 0 unspecified atom stereocenters. The zero-order valence-electron chi connectivity index (χ0n) is 15.9. The van der Waals surface area contributed by atoms with Gasteiger partial charge in [0.2, 0.25) is 5.91 Å². The molecule has 2 heterocycles. The van der Waals surface area contributed by atoms with Crippen molar-refractivity contribution in [2.24, 2.45) is 5.92 Å². The van der Waals surface area contributed by atoms with Gasteiger partial charge in [0.15, 0.2) is 0 Å². The molecule has 0 aromatic heterocycles. The average Bonchev–Trinajstić information content (AvgIpc) is 2.72. The number of para-hydroxylation sites is 1. The molecule has 3 rings (SSSR count). The Labute approximate surface area is 163 Å². The van der Waals surface area contributed by atoms with E-state index in [9.17, 15) is 18.4 Å². The van der Waals surface area contributed by atoms with Crippen LogP contribution in [0.15, 0.2) is 24.3 Å². The first kappa shape index (κ1) is 20.5. The highest BCUT2D eigenvalue weighted by atomic mass is 19.3. The standard InChI is InChI=1S/C20H27F2N3O3/c21-20(22)28-17-4-2-1-3-16(17)19(27)25-13-11-24(12-14-25)18(26)6-5-15-7-9-23-10-8-15/h1-4,15,20,23H,5-14H2. The van der Waals surface area contributed by atoms with Gasteiger partial charge in [-0.25, -0.2) is 0 Å². The maximum atomic E-state index is 12.7. The third-order valence-electron chi connectivity index (χ3n) is 5.48. The summed E-state index contributed by atoms with van der Waals surface area (Å²) in [6.07, 6.45) is 3.70.